The molecular weight excluding hydrogens is 156 g/mol. The van der Waals surface area contributed by atoms with E-state index < -0.39 is 0 Å². The van der Waals surface area contributed by atoms with Gasteiger partial charge in [0.25, 0.3) is 0 Å². The van der Waals surface area contributed by atoms with Crippen LogP contribution in [-0.2, 0) is 0 Å². The zero-order valence-corrected chi connectivity index (χ0v) is 8.34. The summed E-state index contributed by atoms with van der Waals surface area (Å²) in [5, 5.41) is 0. The molecule has 0 aromatic heterocycles. The molecule has 0 heterocycles. The molecule has 1 aliphatic rings. The van der Waals surface area contributed by atoms with Gasteiger partial charge in [0, 0.05) is 0 Å². The molecule has 0 N–H and O–H groups in total. The van der Waals surface area contributed by atoms with E-state index in [1.54, 1.807) is 0 Å². The summed E-state index contributed by atoms with van der Waals surface area (Å²) < 4.78 is 0. The average molecular weight is 175 g/mol. The molecule has 0 aliphatic heterocycles. The molecular formula is C13H19. The summed E-state index contributed by atoms with van der Waals surface area (Å²) in [6.07, 6.45) is 23.0. The van der Waals surface area contributed by atoms with Crippen molar-refractivity contribution in [1.82, 2.24) is 0 Å². The van der Waals surface area contributed by atoms with Crippen molar-refractivity contribution in [2.45, 2.75) is 44.9 Å². The Morgan fingerprint density at radius 2 is 1.62 bits per heavy atom. The van der Waals surface area contributed by atoms with Gasteiger partial charge in [-0.3, -0.25) is 0 Å². The Morgan fingerprint density at radius 3 is 2.54 bits per heavy atom. The van der Waals surface area contributed by atoms with Crippen molar-refractivity contribution in [2.75, 3.05) is 0 Å². The van der Waals surface area contributed by atoms with Gasteiger partial charge in [0.1, 0.15) is 0 Å². The predicted molar refractivity (Wildman–Crippen MR) is 58.4 cm³/mol. The third-order valence-corrected chi connectivity index (χ3v) is 2.20. The van der Waals surface area contributed by atoms with Gasteiger partial charge in [-0.2, -0.15) is 0 Å². The quantitative estimate of drug-likeness (QED) is 0.517. The average Bonchev–Trinajstić information content (AvgIpc) is 2.18. The lowest BCUT2D eigenvalue weighted by Crippen LogP contribution is -1.74. The van der Waals surface area contributed by atoms with Crippen LogP contribution in [-0.4, -0.2) is 0 Å². The van der Waals surface area contributed by atoms with Crippen LogP contribution in [0.3, 0.4) is 0 Å². The monoisotopic (exact) mass is 175 g/mol. The van der Waals surface area contributed by atoms with Gasteiger partial charge >= 0.3 is 0 Å². The minimum atomic E-state index is 1.14. The van der Waals surface area contributed by atoms with Crippen molar-refractivity contribution >= 4 is 0 Å². The third kappa shape index (κ3) is 6.39. The van der Waals surface area contributed by atoms with Gasteiger partial charge in [-0.05, 0) is 44.6 Å². The summed E-state index contributed by atoms with van der Waals surface area (Å²) in [4.78, 5) is 0. The van der Waals surface area contributed by atoms with Crippen molar-refractivity contribution in [2.24, 2.45) is 0 Å². The second kappa shape index (κ2) is 7.85. The molecule has 0 heteroatoms. The summed E-state index contributed by atoms with van der Waals surface area (Å²) in [5.74, 6) is 0. The van der Waals surface area contributed by atoms with Crippen molar-refractivity contribution in [3.63, 3.8) is 0 Å². The van der Waals surface area contributed by atoms with E-state index in [1.165, 1.54) is 25.7 Å². The van der Waals surface area contributed by atoms with Gasteiger partial charge in [-0.1, -0.05) is 36.8 Å². The molecule has 0 bridgehead atoms. The molecule has 1 radical (unpaired) electrons. The second-order valence-electron chi connectivity index (χ2n) is 3.44. The van der Waals surface area contributed by atoms with Crippen LogP contribution in [0.5, 0.6) is 0 Å². The van der Waals surface area contributed by atoms with E-state index in [0.29, 0.717) is 0 Å². The van der Waals surface area contributed by atoms with Gasteiger partial charge in [0.05, 0.1) is 0 Å². The van der Waals surface area contributed by atoms with Crippen LogP contribution in [0.1, 0.15) is 44.9 Å². The molecule has 0 saturated carbocycles. The van der Waals surface area contributed by atoms with Crippen LogP contribution in [0, 0.1) is 6.08 Å². The van der Waals surface area contributed by atoms with Gasteiger partial charge in [0.15, 0.2) is 0 Å². The molecule has 13 heavy (non-hydrogen) atoms. The van der Waals surface area contributed by atoms with Gasteiger partial charge in [-0.25, -0.2) is 0 Å². The Labute approximate surface area is 82.0 Å². The van der Waals surface area contributed by atoms with Crippen LogP contribution in [0.25, 0.3) is 0 Å². The lowest BCUT2D eigenvalue weighted by Gasteiger charge is -1.93. The van der Waals surface area contributed by atoms with E-state index in [2.05, 4.69) is 36.5 Å². The van der Waals surface area contributed by atoms with Gasteiger partial charge in [-0.15, -0.1) is 0 Å². The Hall–Kier alpha value is -0.780. The van der Waals surface area contributed by atoms with Crippen molar-refractivity contribution in [1.29, 1.82) is 0 Å². The van der Waals surface area contributed by atoms with E-state index in [1.807, 2.05) is 0 Å². The Bertz CT molecular complexity index is 184. The van der Waals surface area contributed by atoms with Crippen LogP contribution in [0.4, 0.5) is 0 Å². The lowest BCUT2D eigenvalue weighted by atomic mass is 10.1. The molecule has 0 spiro atoms. The van der Waals surface area contributed by atoms with Crippen LogP contribution < -0.4 is 0 Å². The summed E-state index contributed by atoms with van der Waals surface area (Å²) in [7, 11) is 0. The maximum atomic E-state index is 3.34. The normalized spacial score (nSPS) is 27.7. The molecule has 0 unspecified atom stereocenters. The maximum absolute atomic E-state index is 3.34. The topological polar surface area (TPSA) is 0 Å². The molecule has 0 aromatic rings. The standard InChI is InChI=1S/C13H19/c1-2-4-6-8-10-12-13-11-9-7-5-3-1/h1-4,9H,5-8,10,12-13H2/b3-1+,4-2-,11-9?. The van der Waals surface area contributed by atoms with E-state index in [9.17, 15) is 0 Å². The van der Waals surface area contributed by atoms with Gasteiger partial charge < -0.3 is 0 Å². The van der Waals surface area contributed by atoms with E-state index in [-0.39, 0.29) is 0 Å². The zero-order chi connectivity index (χ0) is 9.19. The number of allylic oxidation sites excluding steroid dienone is 6. The Morgan fingerprint density at radius 1 is 0.769 bits per heavy atom. The lowest BCUT2D eigenvalue weighted by molar-refractivity contribution is 0.690. The second-order valence-corrected chi connectivity index (χ2v) is 3.44. The van der Waals surface area contributed by atoms with Crippen molar-refractivity contribution in [3.8, 4) is 0 Å². The fraction of sp³-hybridized carbons (Fsp3) is 0.538. The molecule has 71 valence electrons. The predicted octanol–water partition coefficient (Wildman–Crippen LogP) is 4.20. The highest BCUT2D eigenvalue weighted by atomic mass is 13.9. The first-order chi connectivity index (χ1) is 6.50. The molecule has 1 rings (SSSR count). The molecule has 1 aliphatic carbocycles. The SMILES string of the molecule is [C]1=C/CC/C=C/C=C\CCCCC/1. The van der Waals surface area contributed by atoms with Crippen LogP contribution in [0.2, 0.25) is 0 Å². The first kappa shape index (κ1) is 10.3. The summed E-state index contributed by atoms with van der Waals surface area (Å²) in [6.45, 7) is 0. The Balaban J connectivity index is 2.28. The molecule has 0 nitrogen and oxygen atoms in total. The molecule has 0 saturated heterocycles. The van der Waals surface area contributed by atoms with E-state index in [0.717, 1.165) is 19.3 Å². The third-order valence-electron chi connectivity index (χ3n) is 2.20. The Kier molecular flexibility index (Phi) is 6.22. The van der Waals surface area contributed by atoms with E-state index in [4.69, 9.17) is 0 Å². The minimum Gasteiger partial charge on any atom is -0.0845 e. The summed E-state index contributed by atoms with van der Waals surface area (Å²) in [6, 6.07) is 0. The molecule has 0 amide bonds. The smallest absolute Gasteiger partial charge is 0.0279 e. The first-order valence-electron chi connectivity index (χ1n) is 5.37. The number of rotatable bonds is 0. The molecule has 0 aromatic carbocycles. The fourth-order valence-electron chi connectivity index (χ4n) is 1.40. The van der Waals surface area contributed by atoms with Crippen LogP contribution >= 0.6 is 0 Å². The highest BCUT2D eigenvalue weighted by Gasteiger charge is 1.86. The van der Waals surface area contributed by atoms with E-state index >= 15 is 0 Å². The van der Waals surface area contributed by atoms with Crippen molar-refractivity contribution in [3.05, 3.63) is 36.5 Å². The van der Waals surface area contributed by atoms with Gasteiger partial charge in [0.2, 0.25) is 0 Å². The zero-order valence-electron chi connectivity index (χ0n) is 8.34. The number of hydrogen-bond donors (Lipinski definition) is 0. The maximum Gasteiger partial charge on any atom is -0.0279 e. The largest absolute Gasteiger partial charge is 0.0845 e. The molecule has 0 atom stereocenters. The summed E-state index contributed by atoms with van der Waals surface area (Å²) in [5.41, 5.74) is 0. The molecule has 0 fully saturated rings. The van der Waals surface area contributed by atoms with Crippen LogP contribution in [0.15, 0.2) is 30.4 Å². The highest BCUT2D eigenvalue weighted by Crippen LogP contribution is 2.05. The van der Waals surface area contributed by atoms with Crippen molar-refractivity contribution < 1.29 is 0 Å². The summed E-state index contributed by atoms with van der Waals surface area (Å²) >= 11 is 0. The minimum absolute atomic E-state index is 1.14. The fourth-order valence-corrected chi connectivity index (χ4v) is 1.40. The highest BCUT2D eigenvalue weighted by molar-refractivity contribution is 5.02. The first-order valence-corrected chi connectivity index (χ1v) is 5.37. The number of hydrogen-bond acceptors (Lipinski definition) is 0.